The number of halogens is 1. The molecule has 2 amide bonds. The molecule has 132 valence electrons. The van der Waals surface area contributed by atoms with Crippen molar-refractivity contribution < 1.29 is 19.1 Å². The van der Waals surface area contributed by atoms with Gasteiger partial charge in [0.15, 0.2) is 0 Å². The maximum atomic E-state index is 12.6. The minimum Gasteiger partial charge on any atom is -0.462 e. The number of anilines is 2. The highest BCUT2D eigenvalue weighted by Gasteiger charge is 2.38. The smallest absolute Gasteiger partial charge is 0.338 e. The van der Waals surface area contributed by atoms with Crippen LogP contribution in [0.2, 0.25) is 0 Å². The molecule has 6 nitrogen and oxygen atoms in total. The van der Waals surface area contributed by atoms with Gasteiger partial charge in [-0.05, 0) is 43.3 Å². The molecule has 0 fully saturated rings. The fourth-order valence-electron chi connectivity index (χ4n) is 2.47. The first-order valence-corrected chi connectivity index (χ1v) is 8.28. The quantitative estimate of drug-likeness (QED) is 0.645. The number of rotatable bonds is 5. The largest absolute Gasteiger partial charge is 0.462 e. The van der Waals surface area contributed by atoms with Crippen molar-refractivity contribution >= 4 is 40.8 Å². The molecular formula is C19H15ClN2O4. The van der Waals surface area contributed by atoms with Crippen molar-refractivity contribution in [1.29, 1.82) is 0 Å². The number of esters is 1. The average Bonchev–Trinajstić information content (AvgIpc) is 2.86. The molecule has 1 heterocycles. The Morgan fingerprint density at radius 3 is 2.31 bits per heavy atom. The Kier molecular flexibility index (Phi) is 5.04. The standard InChI is InChI=1S/C19H15ClN2O4/c1-2-26-19(25)12-8-10-13(11-9-12)21-16-15(20)17(23)22(18(16)24)14-6-4-3-5-7-14/h3-11,21H,2H2,1H3. The Balaban J connectivity index is 1.80. The van der Waals surface area contributed by atoms with Crippen molar-refractivity contribution in [3.05, 3.63) is 70.9 Å². The predicted molar refractivity (Wildman–Crippen MR) is 97.8 cm³/mol. The number of para-hydroxylation sites is 1. The lowest BCUT2D eigenvalue weighted by atomic mass is 10.2. The van der Waals surface area contributed by atoms with Gasteiger partial charge in [-0.2, -0.15) is 0 Å². The Labute approximate surface area is 155 Å². The summed E-state index contributed by atoms with van der Waals surface area (Å²) in [5, 5.41) is 2.67. The Bertz CT molecular complexity index is 892. The summed E-state index contributed by atoms with van der Waals surface area (Å²) < 4.78 is 4.92. The highest BCUT2D eigenvalue weighted by Crippen LogP contribution is 2.29. The molecule has 3 rings (SSSR count). The fourth-order valence-corrected chi connectivity index (χ4v) is 2.68. The maximum Gasteiger partial charge on any atom is 0.338 e. The first-order chi connectivity index (χ1) is 12.5. The topological polar surface area (TPSA) is 75.7 Å². The van der Waals surface area contributed by atoms with E-state index in [9.17, 15) is 14.4 Å². The molecule has 2 aromatic rings. The Hall–Kier alpha value is -3.12. The number of hydrogen-bond acceptors (Lipinski definition) is 5. The van der Waals surface area contributed by atoms with Gasteiger partial charge in [0, 0.05) is 5.69 Å². The van der Waals surface area contributed by atoms with E-state index in [1.54, 1.807) is 61.5 Å². The number of nitrogens with one attached hydrogen (secondary N) is 1. The number of imide groups is 1. The molecular weight excluding hydrogens is 356 g/mol. The second-order valence-corrected chi connectivity index (χ2v) is 5.77. The summed E-state index contributed by atoms with van der Waals surface area (Å²) in [5.41, 5.74) is 1.33. The van der Waals surface area contributed by atoms with Crippen molar-refractivity contribution in [2.45, 2.75) is 6.92 Å². The maximum absolute atomic E-state index is 12.6. The van der Waals surface area contributed by atoms with Crippen LogP contribution in [0.5, 0.6) is 0 Å². The van der Waals surface area contributed by atoms with Crippen LogP contribution < -0.4 is 10.2 Å². The molecule has 0 radical (unpaired) electrons. The van der Waals surface area contributed by atoms with Gasteiger partial charge >= 0.3 is 5.97 Å². The van der Waals surface area contributed by atoms with E-state index >= 15 is 0 Å². The van der Waals surface area contributed by atoms with Crippen LogP contribution in [0, 0.1) is 0 Å². The van der Waals surface area contributed by atoms with Crippen molar-refractivity contribution in [3.8, 4) is 0 Å². The van der Waals surface area contributed by atoms with Gasteiger partial charge in [0.1, 0.15) is 10.7 Å². The zero-order valence-corrected chi connectivity index (χ0v) is 14.6. The predicted octanol–water partition coefficient (Wildman–Crippen LogP) is 3.30. The van der Waals surface area contributed by atoms with Gasteiger partial charge < -0.3 is 10.1 Å². The van der Waals surface area contributed by atoms with E-state index in [1.807, 2.05) is 0 Å². The number of amides is 2. The monoisotopic (exact) mass is 370 g/mol. The molecule has 26 heavy (non-hydrogen) atoms. The number of hydrogen-bond donors (Lipinski definition) is 1. The summed E-state index contributed by atoms with van der Waals surface area (Å²) in [6.45, 7) is 2.01. The lowest BCUT2D eigenvalue weighted by molar-refractivity contribution is -0.120. The van der Waals surface area contributed by atoms with Gasteiger partial charge in [-0.1, -0.05) is 29.8 Å². The van der Waals surface area contributed by atoms with Crippen LogP contribution in [-0.2, 0) is 14.3 Å². The van der Waals surface area contributed by atoms with Gasteiger partial charge in [-0.25, -0.2) is 9.69 Å². The van der Waals surface area contributed by atoms with Crippen LogP contribution in [0.25, 0.3) is 0 Å². The van der Waals surface area contributed by atoms with E-state index in [-0.39, 0.29) is 17.3 Å². The number of nitrogens with zero attached hydrogens (tertiary/aromatic N) is 1. The van der Waals surface area contributed by atoms with Gasteiger partial charge in [0.2, 0.25) is 0 Å². The normalized spacial score (nSPS) is 14.0. The SMILES string of the molecule is CCOC(=O)c1ccc(NC2=C(Cl)C(=O)N(c3ccccc3)C2=O)cc1. The van der Waals surface area contributed by atoms with Crippen LogP contribution in [-0.4, -0.2) is 24.4 Å². The number of carbonyl (C=O) groups excluding carboxylic acids is 3. The molecule has 1 aliphatic heterocycles. The molecule has 0 spiro atoms. The molecule has 0 atom stereocenters. The molecule has 0 saturated heterocycles. The number of ether oxygens (including phenoxy) is 1. The highest BCUT2D eigenvalue weighted by atomic mass is 35.5. The van der Waals surface area contributed by atoms with Crippen LogP contribution in [0.4, 0.5) is 11.4 Å². The molecule has 0 unspecified atom stereocenters. The summed E-state index contributed by atoms with van der Waals surface area (Å²) in [6.07, 6.45) is 0. The van der Waals surface area contributed by atoms with Crippen LogP contribution in [0.1, 0.15) is 17.3 Å². The Morgan fingerprint density at radius 2 is 1.69 bits per heavy atom. The average molecular weight is 371 g/mol. The fraction of sp³-hybridized carbons (Fsp3) is 0.105. The zero-order valence-electron chi connectivity index (χ0n) is 13.9. The van der Waals surface area contributed by atoms with E-state index in [2.05, 4.69) is 5.32 Å². The van der Waals surface area contributed by atoms with Crippen molar-refractivity contribution in [3.63, 3.8) is 0 Å². The van der Waals surface area contributed by atoms with Crippen molar-refractivity contribution in [1.82, 2.24) is 0 Å². The third-order valence-corrected chi connectivity index (χ3v) is 4.06. The summed E-state index contributed by atoms with van der Waals surface area (Å²) in [6, 6.07) is 14.9. The van der Waals surface area contributed by atoms with Gasteiger partial charge in [0.05, 0.1) is 17.9 Å². The summed E-state index contributed by atoms with van der Waals surface area (Å²) in [5.74, 6) is -1.56. The van der Waals surface area contributed by atoms with E-state index in [4.69, 9.17) is 16.3 Å². The molecule has 0 aliphatic carbocycles. The van der Waals surface area contributed by atoms with Gasteiger partial charge in [-0.15, -0.1) is 0 Å². The van der Waals surface area contributed by atoms with Crippen LogP contribution >= 0.6 is 11.6 Å². The molecule has 0 bridgehead atoms. The lowest BCUT2D eigenvalue weighted by Crippen LogP contribution is -2.32. The molecule has 0 aromatic heterocycles. The first-order valence-electron chi connectivity index (χ1n) is 7.90. The summed E-state index contributed by atoms with van der Waals surface area (Å²) in [4.78, 5) is 37.6. The lowest BCUT2D eigenvalue weighted by Gasteiger charge is -2.14. The Morgan fingerprint density at radius 1 is 1.04 bits per heavy atom. The third kappa shape index (κ3) is 3.32. The molecule has 7 heteroatoms. The van der Waals surface area contributed by atoms with Gasteiger partial charge in [0.25, 0.3) is 11.8 Å². The molecule has 1 aliphatic rings. The third-order valence-electron chi connectivity index (χ3n) is 3.71. The van der Waals surface area contributed by atoms with Crippen molar-refractivity contribution in [2.75, 3.05) is 16.8 Å². The van der Waals surface area contributed by atoms with E-state index in [0.29, 0.717) is 16.9 Å². The second kappa shape index (κ2) is 7.41. The second-order valence-electron chi connectivity index (χ2n) is 5.39. The number of carbonyl (C=O) groups is 3. The summed E-state index contributed by atoms with van der Waals surface area (Å²) in [7, 11) is 0. The van der Waals surface area contributed by atoms with Crippen LogP contribution in [0.3, 0.4) is 0 Å². The number of benzene rings is 2. The van der Waals surface area contributed by atoms with E-state index in [1.165, 1.54) is 0 Å². The first kappa shape index (κ1) is 17.7. The minimum absolute atomic E-state index is 0.00981. The summed E-state index contributed by atoms with van der Waals surface area (Å²) >= 11 is 6.07. The van der Waals surface area contributed by atoms with Gasteiger partial charge in [-0.3, -0.25) is 9.59 Å². The van der Waals surface area contributed by atoms with Crippen molar-refractivity contribution in [2.24, 2.45) is 0 Å². The van der Waals surface area contributed by atoms with E-state index < -0.39 is 17.8 Å². The minimum atomic E-state index is -0.589. The van der Waals surface area contributed by atoms with Crippen LogP contribution in [0.15, 0.2) is 65.3 Å². The zero-order chi connectivity index (χ0) is 18.7. The molecule has 1 N–H and O–H groups in total. The highest BCUT2D eigenvalue weighted by molar-refractivity contribution is 6.53. The molecule has 2 aromatic carbocycles. The van der Waals surface area contributed by atoms with E-state index in [0.717, 1.165) is 4.90 Å². The molecule has 0 saturated carbocycles.